The standard InChI is InChI=1S/C23H28FN3O3S2/c1-16-15-31-22-7-6-20(12-21(22)26-23(16)28)32(29,30)25-13-17-8-10-27(11-9-17)14-18-2-4-19(24)5-3-18/h2-7,12,16-17,25H,8-11,13-15H2,1H3,(H,26,28)/t16-/m0/s1. The number of likely N-dealkylation sites (tertiary alicyclic amines) is 1. The summed E-state index contributed by atoms with van der Waals surface area (Å²) in [6, 6.07) is 11.5. The topological polar surface area (TPSA) is 78.5 Å². The Kier molecular flexibility index (Phi) is 7.19. The summed E-state index contributed by atoms with van der Waals surface area (Å²) in [6.45, 7) is 4.78. The van der Waals surface area contributed by atoms with Gasteiger partial charge in [0.1, 0.15) is 5.82 Å². The molecule has 1 atom stereocenters. The zero-order chi connectivity index (χ0) is 22.7. The molecule has 1 amide bonds. The monoisotopic (exact) mass is 477 g/mol. The van der Waals surface area contributed by atoms with Gasteiger partial charge >= 0.3 is 0 Å². The van der Waals surface area contributed by atoms with E-state index in [4.69, 9.17) is 0 Å². The Balaban J connectivity index is 1.31. The second-order valence-corrected chi connectivity index (χ2v) is 11.4. The zero-order valence-electron chi connectivity index (χ0n) is 18.0. The summed E-state index contributed by atoms with van der Waals surface area (Å²) in [7, 11) is -3.66. The third kappa shape index (κ3) is 5.70. The molecular weight excluding hydrogens is 449 g/mol. The molecule has 32 heavy (non-hydrogen) atoms. The Morgan fingerprint density at radius 3 is 2.59 bits per heavy atom. The number of hydrogen-bond acceptors (Lipinski definition) is 5. The first-order valence-electron chi connectivity index (χ1n) is 10.8. The van der Waals surface area contributed by atoms with Gasteiger partial charge in [-0.15, -0.1) is 11.8 Å². The Bertz CT molecular complexity index is 1070. The maximum Gasteiger partial charge on any atom is 0.240 e. The first-order chi connectivity index (χ1) is 15.3. The van der Waals surface area contributed by atoms with Crippen molar-refractivity contribution in [2.24, 2.45) is 11.8 Å². The van der Waals surface area contributed by atoms with E-state index in [0.717, 1.165) is 42.9 Å². The Morgan fingerprint density at radius 1 is 1.16 bits per heavy atom. The molecule has 1 fully saturated rings. The maximum atomic E-state index is 13.1. The second kappa shape index (κ2) is 9.91. The summed E-state index contributed by atoms with van der Waals surface area (Å²) in [6.07, 6.45) is 1.80. The molecule has 0 bridgehead atoms. The lowest BCUT2D eigenvalue weighted by atomic mass is 9.97. The van der Waals surface area contributed by atoms with Crippen molar-refractivity contribution in [3.05, 3.63) is 53.8 Å². The molecule has 6 nitrogen and oxygen atoms in total. The summed E-state index contributed by atoms with van der Waals surface area (Å²) in [5.74, 6) is 0.491. The van der Waals surface area contributed by atoms with Gasteiger partial charge in [0, 0.05) is 29.7 Å². The van der Waals surface area contributed by atoms with E-state index in [0.29, 0.717) is 18.0 Å². The summed E-state index contributed by atoms with van der Waals surface area (Å²) >= 11 is 1.56. The number of carbonyl (C=O) groups excluding carboxylic acids is 1. The van der Waals surface area contributed by atoms with E-state index in [1.807, 2.05) is 6.92 Å². The van der Waals surface area contributed by atoms with Gasteiger partial charge in [0.25, 0.3) is 0 Å². The number of thioether (sulfide) groups is 1. The van der Waals surface area contributed by atoms with Crippen LogP contribution in [0, 0.1) is 17.7 Å². The lowest BCUT2D eigenvalue weighted by molar-refractivity contribution is -0.118. The number of hydrogen-bond donors (Lipinski definition) is 2. The molecule has 2 aliphatic rings. The third-order valence-corrected chi connectivity index (χ3v) is 8.80. The number of nitrogens with zero attached hydrogens (tertiary/aromatic N) is 1. The van der Waals surface area contributed by atoms with Crippen LogP contribution in [0.2, 0.25) is 0 Å². The minimum absolute atomic E-state index is 0.0915. The van der Waals surface area contributed by atoms with Crippen LogP contribution >= 0.6 is 11.8 Å². The molecule has 0 aromatic heterocycles. The van der Waals surface area contributed by atoms with Gasteiger partial charge in [-0.05, 0) is 67.7 Å². The van der Waals surface area contributed by atoms with Crippen molar-refractivity contribution in [2.45, 2.75) is 36.1 Å². The SMILES string of the molecule is C[C@H]1CSc2ccc(S(=O)(=O)NCC3CCN(Cc4ccc(F)cc4)CC3)cc2NC1=O. The summed E-state index contributed by atoms with van der Waals surface area (Å²) in [5.41, 5.74) is 1.63. The molecule has 0 saturated carbocycles. The summed E-state index contributed by atoms with van der Waals surface area (Å²) in [4.78, 5) is 15.5. The zero-order valence-corrected chi connectivity index (χ0v) is 19.6. The van der Waals surface area contributed by atoms with Gasteiger partial charge in [0.05, 0.1) is 10.6 Å². The van der Waals surface area contributed by atoms with Crippen molar-refractivity contribution in [3.8, 4) is 0 Å². The molecule has 9 heteroatoms. The quantitative estimate of drug-likeness (QED) is 0.663. The molecule has 1 saturated heterocycles. The van der Waals surface area contributed by atoms with Gasteiger partial charge in [-0.2, -0.15) is 0 Å². The lowest BCUT2D eigenvalue weighted by Crippen LogP contribution is -2.38. The van der Waals surface area contributed by atoms with E-state index in [1.54, 1.807) is 42.1 Å². The van der Waals surface area contributed by atoms with Crippen molar-refractivity contribution < 1.29 is 17.6 Å². The van der Waals surface area contributed by atoms with E-state index in [2.05, 4.69) is 14.9 Å². The third-order valence-electron chi connectivity index (χ3n) is 6.04. The Hall–Kier alpha value is -1.94. The van der Waals surface area contributed by atoms with Crippen LogP contribution in [-0.2, 0) is 21.4 Å². The van der Waals surface area contributed by atoms with Crippen LogP contribution in [0.1, 0.15) is 25.3 Å². The Labute approximate surface area is 193 Å². The number of fused-ring (bicyclic) bond motifs is 1. The summed E-state index contributed by atoms with van der Waals surface area (Å²) < 4.78 is 41.5. The molecule has 0 aliphatic carbocycles. The highest BCUT2D eigenvalue weighted by molar-refractivity contribution is 7.99. The number of carbonyl (C=O) groups is 1. The van der Waals surface area contributed by atoms with Crippen LogP contribution in [0.4, 0.5) is 10.1 Å². The van der Waals surface area contributed by atoms with Crippen LogP contribution in [0.15, 0.2) is 52.3 Å². The molecule has 2 N–H and O–H groups in total. The predicted molar refractivity (Wildman–Crippen MR) is 125 cm³/mol. The Morgan fingerprint density at radius 2 is 1.88 bits per heavy atom. The van der Waals surface area contributed by atoms with Gasteiger partial charge in [-0.1, -0.05) is 19.1 Å². The van der Waals surface area contributed by atoms with Gasteiger partial charge < -0.3 is 5.32 Å². The van der Waals surface area contributed by atoms with Gasteiger partial charge in [-0.25, -0.2) is 17.5 Å². The van der Waals surface area contributed by atoms with Crippen molar-refractivity contribution in [1.82, 2.24) is 9.62 Å². The van der Waals surface area contributed by atoms with Crippen molar-refractivity contribution in [2.75, 3.05) is 30.7 Å². The second-order valence-electron chi connectivity index (χ2n) is 8.56. The molecule has 0 spiro atoms. The van der Waals surface area contributed by atoms with Crippen molar-refractivity contribution in [1.29, 1.82) is 0 Å². The van der Waals surface area contributed by atoms with Gasteiger partial charge in [0.15, 0.2) is 0 Å². The maximum absolute atomic E-state index is 13.1. The number of amides is 1. The molecule has 172 valence electrons. The fourth-order valence-electron chi connectivity index (χ4n) is 3.95. The number of halogens is 1. The van der Waals surface area contributed by atoms with E-state index in [9.17, 15) is 17.6 Å². The number of rotatable bonds is 6. The molecule has 2 aromatic carbocycles. The number of nitrogens with one attached hydrogen (secondary N) is 2. The first kappa shape index (κ1) is 23.2. The predicted octanol–water partition coefficient (Wildman–Crippen LogP) is 3.70. The number of benzene rings is 2. The minimum Gasteiger partial charge on any atom is -0.325 e. The smallest absolute Gasteiger partial charge is 0.240 e. The van der Waals surface area contributed by atoms with Crippen molar-refractivity contribution in [3.63, 3.8) is 0 Å². The van der Waals surface area contributed by atoms with Gasteiger partial charge in [-0.3, -0.25) is 9.69 Å². The summed E-state index contributed by atoms with van der Waals surface area (Å²) in [5, 5.41) is 2.84. The number of piperidine rings is 1. The highest BCUT2D eigenvalue weighted by Crippen LogP contribution is 2.34. The van der Waals surface area contributed by atoms with E-state index in [1.165, 1.54) is 12.1 Å². The normalized spacial score (nSPS) is 20.4. The molecule has 2 heterocycles. The van der Waals surface area contributed by atoms with Crippen LogP contribution in [-0.4, -0.2) is 44.6 Å². The van der Waals surface area contributed by atoms with E-state index >= 15 is 0 Å². The van der Waals surface area contributed by atoms with Crippen molar-refractivity contribution >= 4 is 33.4 Å². The van der Waals surface area contributed by atoms with E-state index in [-0.39, 0.29) is 28.5 Å². The van der Waals surface area contributed by atoms with Gasteiger partial charge in [0.2, 0.25) is 15.9 Å². The van der Waals surface area contributed by atoms with Crippen LogP contribution in [0.3, 0.4) is 0 Å². The molecule has 2 aromatic rings. The molecule has 0 radical (unpaired) electrons. The highest BCUT2D eigenvalue weighted by Gasteiger charge is 2.25. The fourth-order valence-corrected chi connectivity index (χ4v) is 6.11. The molecule has 4 rings (SSSR count). The largest absolute Gasteiger partial charge is 0.325 e. The number of sulfonamides is 1. The molecule has 2 aliphatic heterocycles. The molecule has 0 unspecified atom stereocenters. The lowest BCUT2D eigenvalue weighted by Gasteiger charge is -2.32. The first-order valence-corrected chi connectivity index (χ1v) is 13.3. The van der Waals surface area contributed by atoms with Crippen LogP contribution < -0.4 is 10.0 Å². The average Bonchev–Trinajstić information content (AvgIpc) is 2.92. The van der Waals surface area contributed by atoms with Crippen LogP contribution in [0.5, 0.6) is 0 Å². The molecular formula is C23H28FN3O3S2. The van der Waals surface area contributed by atoms with E-state index < -0.39 is 10.0 Å². The highest BCUT2D eigenvalue weighted by atomic mass is 32.2. The average molecular weight is 478 g/mol. The fraction of sp³-hybridized carbons (Fsp3) is 0.435. The minimum atomic E-state index is -3.66. The number of anilines is 1. The van der Waals surface area contributed by atoms with Crippen LogP contribution in [0.25, 0.3) is 0 Å².